The van der Waals surface area contributed by atoms with E-state index in [1.165, 1.54) is 16.6 Å². The zero-order valence-corrected chi connectivity index (χ0v) is 18.5. The predicted octanol–water partition coefficient (Wildman–Crippen LogP) is 4.30. The molecule has 2 heterocycles. The molecule has 5 nitrogen and oxygen atoms in total. The Hall–Kier alpha value is -2.38. The molecule has 0 saturated heterocycles. The van der Waals surface area contributed by atoms with Crippen molar-refractivity contribution in [2.45, 2.75) is 27.3 Å². The first-order valence-corrected chi connectivity index (χ1v) is 11.3. The third-order valence-electron chi connectivity index (χ3n) is 4.16. The Bertz CT molecular complexity index is 933. The van der Waals surface area contributed by atoms with Crippen molar-refractivity contribution < 1.29 is 9.59 Å². The molecule has 7 heteroatoms. The van der Waals surface area contributed by atoms with Crippen LogP contribution in [0.25, 0.3) is 6.08 Å². The van der Waals surface area contributed by atoms with E-state index in [0.29, 0.717) is 29.9 Å². The van der Waals surface area contributed by atoms with Gasteiger partial charge in [0.2, 0.25) is 5.91 Å². The van der Waals surface area contributed by atoms with Crippen LogP contribution >= 0.6 is 23.1 Å². The van der Waals surface area contributed by atoms with E-state index < -0.39 is 0 Å². The van der Waals surface area contributed by atoms with Crippen LogP contribution in [0.2, 0.25) is 0 Å². The van der Waals surface area contributed by atoms with E-state index in [2.05, 4.69) is 24.2 Å². The number of carbonyl (C=O) groups excluding carboxylic acids is 2. The Balaban J connectivity index is 1.65. The first kappa shape index (κ1) is 21.3. The van der Waals surface area contributed by atoms with Crippen molar-refractivity contribution in [2.75, 3.05) is 12.3 Å². The fourth-order valence-electron chi connectivity index (χ4n) is 2.81. The van der Waals surface area contributed by atoms with Gasteiger partial charge in [0, 0.05) is 22.8 Å². The summed E-state index contributed by atoms with van der Waals surface area (Å²) in [6.45, 7) is 7.23. The number of aliphatic imine (C=N–C) groups is 1. The molecule has 0 unspecified atom stereocenters. The van der Waals surface area contributed by atoms with Gasteiger partial charge in [0.15, 0.2) is 5.17 Å². The summed E-state index contributed by atoms with van der Waals surface area (Å²) >= 11 is 2.93. The van der Waals surface area contributed by atoms with E-state index >= 15 is 0 Å². The van der Waals surface area contributed by atoms with Crippen LogP contribution in [0.15, 0.2) is 53.2 Å². The zero-order chi connectivity index (χ0) is 20.8. The standard InChI is InChI=1S/C22H25N3O2S2/c1-15(2)13-25-21(27)19(11-18-10-9-16(3)29-18)24-22(25)28-14-20(26)23-12-17-7-5-4-6-8-17/h4-11,15H,12-14H2,1-3H3,(H,23,26)/b19-11+. The summed E-state index contributed by atoms with van der Waals surface area (Å²) in [5.41, 5.74) is 1.48. The highest BCUT2D eigenvalue weighted by atomic mass is 32.2. The van der Waals surface area contributed by atoms with Crippen molar-refractivity contribution in [2.24, 2.45) is 10.9 Å². The number of hydrogen-bond acceptors (Lipinski definition) is 5. The van der Waals surface area contributed by atoms with Crippen LogP contribution in [0.1, 0.15) is 29.2 Å². The molecule has 1 aromatic carbocycles. The summed E-state index contributed by atoms with van der Waals surface area (Å²) in [7, 11) is 0. The van der Waals surface area contributed by atoms with Crippen LogP contribution in [-0.2, 0) is 16.1 Å². The maximum absolute atomic E-state index is 12.9. The fourth-order valence-corrected chi connectivity index (χ4v) is 4.46. The lowest BCUT2D eigenvalue weighted by Crippen LogP contribution is -2.35. The molecule has 0 aliphatic carbocycles. The summed E-state index contributed by atoms with van der Waals surface area (Å²) in [6, 6.07) is 13.8. The van der Waals surface area contributed by atoms with Gasteiger partial charge in [0.25, 0.3) is 5.91 Å². The molecular formula is C22H25N3O2S2. The quantitative estimate of drug-likeness (QED) is 0.670. The molecule has 29 heavy (non-hydrogen) atoms. The number of amidine groups is 1. The van der Waals surface area contributed by atoms with Crippen LogP contribution in [-0.4, -0.2) is 34.2 Å². The second-order valence-corrected chi connectivity index (χ2v) is 9.49. The second-order valence-electron chi connectivity index (χ2n) is 7.23. The number of aryl methyl sites for hydroxylation is 1. The maximum atomic E-state index is 12.9. The van der Waals surface area contributed by atoms with E-state index in [9.17, 15) is 9.59 Å². The van der Waals surface area contributed by atoms with Gasteiger partial charge in [-0.3, -0.25) is 14.5 Å². The van der Waals surface area contributed by atoms with E-state index in [1.54, 1.807) is 16.2 Å². The van der Waals surface area contributed by atoms with E-state index in [4.69, 9.17) is 0 Å². The third-order valence-corrected chi connectivity index (χ3v) is 6.09. The molecule has 1 aliphatic rings. The molecule has 0 atom stereocenters. The minimum absolute atomic E-state index is 0.0789. The van der Waals surface area contributed by atoms with Crippen LogP contribution in [0.5, 0.6) is 0 Å². The van der Waals surface area contributed by atoms with Gasteiger partial charge in [-0.2, -0.15) is 0 Å². The predicted molar refractivity (Wildman–Crippen MR) is 122 cm³/mol. The molecule has 152 valence electrons. The summed E-state index contributed by atoms with van der Waals surface area (Å²) in [5.74, 6) is 0.348. The molecule has 0 radical (unpaired) electrons. The van der Waals surface area contributed by atoms with Crippen LogP contribution in [0.3, 0.4) is 0 Å². The van der Waals surface area contributed by atoms with Gasteiger partial charge in [0.1, 0.15) is 5.70 Å². The largest absolute Gasteiger partial charge is 0.351 e. The molecule has 0 saturated carbocycles. The molecule has 1 aromatic heterocycles. The van der Waals surface area contributed by atoms with Gasteiger partial charge in [-0.05, 0) is 36.6 Å². The van der Waals surface area contributed by atoms with Gasteiger partial charge >= 0.3 is 0 Å². The van der Waals surface area contributed by atoms with E-state index in [0.717, 1.165) is 10.4 Å². The molecule has 0 bridgehead atoms. The highest BCUT2D eigenvalue weighted by molar-refractivity contribution is 8.14. The molecule has 1 aliphatic heterocycles. The fraction of sp³-hybridized carbons (Fsp3) is 0.318. The third kappa shape index (κ3) is 6.05. The Morgan fingerprint density at radius 2 is 2.00 bits per heavy atom. The maximum Gasteiger partial charge on any atom is 0.278 e. The molecule has 1 N–H and O–H groups in total. The molecule has 2 amide bonds. The Morgan fingerprint density at radius 1 is 1.24 bits per heavy atom. The monoisotopic (exact) mass is 427 g/mol. The number of thiophene rings is 1. The molecule has 3 rings (SSSR count). The van der Waals surface area contributed by atoms with Gasteiger partial charge in [-0.15, -0.1) is 11.3 Å². The van der Waals surface area contributed by atoms with E-state index in [1.807, 2.05) is 55.5 Å². The van der Waals surface area contributed by atoms with E-state index in [-0.39, 0.29) is 17.6 Å². The van der Waals surface area contributed by atoms with Crippen molar-refractivity contribution in [3.8, 4) is 0 Å². The highest BCUT2D eigenvalue weighted by Crippen LogP contribution is 2.27. The number of nitrogens with zero attached hydrogens (tertiary/aromatic N) is 2. The first-order chi connectivity index (χ1) is 13.9. The number of nitrogens with one attached hydrogen (secondary N) is 1. The zero-order valence-electron chi connectivity index (χ0n) is 16.8. The first-order valence-electron chi connectivity index (χ1n) is 9.54. The summed E-state index contributed by atoms with van der Waals surface area (Å²) in [4.78, 5) is 33.5. The van der Waals surface area contributed by atoms with Crippen LogP contribution in [0, 0.1) is 12.8 Å². The normalized spacial score (nSPS) is 15.3. The van der Waals surface area contributed by atoms with Gasteiger partial charge in [-0.1, -0.05) is 55.9 Å². The molecule has 0 fully saturated rings. The molecule has 0 spiro atoms. The summed E-state index contributed by atoms with van der Waals surface area (Å²) < 4.78 is 0. The van der Waals surface area contributed by atoms with Gasteiger partial charge < -0.3 is 5.32 Å². The number of amides is 2. The summed E-state index contributed by atoms with van der Waals surface area (Å²) in [5, 5.41) is 3.51. The average molecular weight is 428 g/mol. The van der Waals surface area contributed by atoms with Gasteiger partial charge in [0.05, 0.1) is 5.75 Å². The van der Waals surface area contributed by atoms with Crippen molar-refractivity contribution in [1.29, 1.82) is 0 Å². The number of carbonyl (C=O) groups is 2. The lowest BCUT2D eigenvalue weighted by atomic mass is 10.2. The smallest absolute Gasteiger partial charge is 0.278 e. The number of thioether (sulfide) groups is 1. The van der Waals surface area contributed by atoms with Crippen LogP contribution in [0.4, 0.5) is 0 Å². The SMILES string of the molecule is Cc1ccc(/C=C2/N=C(SCC(=O)NCc3ccccc3)N(CC(C)C)C2=O)s1. The Morgan fingerprint density at radius 3 is 2.66 bits per heavy atom. The number of benzene rings is 1. The molecular weight excluding hydrogens is 402 g/mol. The second kappa shape index (κ2) is 9.89. The number of rotatable bonds is 7. The Kier molecular flexibility index (Phi) is 7.28. The van der Waals surface area contributed by atoms with Crippen molar-refractivity contribution in [1.82, 2.24) is 10.2 Å². The average Bonchev–Trinajstić information content (AvgIpc) is 3.23. The Labute approximate surface area is 179 Å². The van der Waals surface area contributed by atoms with Gasteiger partial charge in [-0.25, -0.2) is 4.99 Å². The lowest BCUT2D eigenvalue weighted by Gasteiger charge is -2.19. The minimum atomic E-state index is -0.100. The van der Waals surface area contributed by atoms with Crippen LogP contribution < -0.4 is 5.32 Å². The lowest BCUT2D eigenvalue weighted by molar-refractivity contribution is -0.123. The topological polar surface area (TPSA) is 61.8 Å². The van der Waals surface area contributed by atoms with Crippen molar-refractivity contribution >= 4 is 46.2 Å². The van der Waals surface area contributed by atoms with Crippen molar-refractivity contribution in [3.63, 3.8) is 0 Å². The summed E-state index contributed by atoms with van der Waals surface area (Å²) in [6.07, 6.45) is 1.83. The van der Waals surface area contributed by atoms with Crippen molar-refractivity contribution in [3.05, 3.63) is 63.5 Å². The highest BCUT2D eigenvalue weighted by Gasteiger charge is 2.31. The minimum Gasteiger partial charge on any atom is -0.351 e. The number of hydrogen-bond donors (Lipinski definition) is 1. The molecule has 2 aromatic rings.